The Bertz CT molecular complexity index is 1170. The predicted octanol–water partition coefficient (Wildman–Crippen LogP) is 4.44. The Morgan fingerprint density at radius 2 is 2.00 bits per heavy atom. The summed E-state index contributed by atoms with van der Waals surface area (Å²) in [5, 5.41) is 8.55. The molecule has 1 N–H and O–H groups in total. The number of carbonyl (C=O) groups excluding carboxylic acids is 2. The number of carbonyl (C=O) groups is 2. The van der Waals surface area contributed by atoms with Crippen LogP contribution in [0.4, 0.5) is 5.95 Å². The fourth-order valence-corrected chi connectivity index (χ4v) is 4.98. The second-order valence-electron chi connectivity index (χ2n) is 8.58. The van der Waals surface area contributed by atoms with Crippen LogP contribution >= 0.6 is 11.8 Å². The largest absolute Gasteiger partial charge is 0.493 e. The van der Waals surface area contributed by atoms with E-state index in [9.17, 15) is 9.59 Å². The number of allylic oxidation sites excluding steroid dienone is 1. The Morgan fingerprint density at radius 3 is 2.66 bits per heavy atom. The van der Waals surface area contributed by atoms with Crippen LogP contribution in [0.5, 0.6) is 11.5 Å². The number of aromatic nitrogens is 3. The van der Waals surface area contributed by atoms with E-state index in [1.165, 1.54) is 13.2 Å². The van der Waals surface area contributed by atoms with Crippen LogP contribution in [0, 0.1) is 0 Å². The van der Waals surface area contributed by atoms with E-state index in [0.717, 1.165) is 24.2 Å². The Balaban J connectivity index is 1.98. The molecule has 0 spiro atoms. The van der Waals surface area contributed by atoms with Gasteiger partial charge >= 0.3 is 5.97 Å². The highest BCUT2D eigenvalue weighted by molar-refractivity contribution is 7.99. The first-order valence-electron chi connectivity index (χ1n) is 12.8. The zero-order valence-corrected chi connectivity index (χ0v) is 23.6. The predicted molar refractivity (Wildman–Crippen MR) is 148 cm³/mol. The fourth-order valence-electron chi connectivity index (χ4n) is 4.07. The number of anilines is 1. The highest BCUT2D eigenvalue weighted by atomic mass is 32.2. The van der Waals surface area contributed by atoms with Gasteiger partial charge in [0.05, 0.1) is 12.7 Å². The van der Waals surface area contributed by atoms with Crippen molar-refractivity contribution in [1.82, 2.24) is 19.7 Å². The lowest BCUT2D eigenvalue weighted by molar-refractivity contribution is -0.138. The first-order valence-corrected chi connectivity index (χ1v) is 13.8. The maximum atomic E-state index is 13.2. The normalized spacial score (nSPS) is 14.4. The minimum atomic E-state index is -0.614. The van der Waals surface area contributed by atoms with Crippen LogP contribution in [0.1, 0.15) is 52.1 Å². The average molecular weight is 544 g/mol. The van der Waals surface area contributed by atoms with Crippen LogP contribution in [-0.4, -0.2) is 70.7 Å². The summed E-state index contributed by atoms with van der Waals surface area (Å²) in [4.78, 5) is 32.0. The first-order chi connectivity index (χ1) is 18.4. The van der Waals surface area contributed by atoms with E-state index in [4.69, 9.17) is 19.3 Å². The molecular formula is C27H37N5O5S. The molecule has 0 fully saturated rings. The number of hydrogen-bond donors (Lipinski definition) is 1. The lowest BCUT2D eigenvalue weighted by atomic mass is 9.95. The van der Waals surface area contributed by atoms with Crippen LogP contribution in [0.15, 0.2) is 47.3 Å². The topological polar surface area (TPSA) is 108 Å². The van der Waals surface area contributed by atoms with Gasteiger partial charge in [0.2, 0.25) is 11.1 Å². The molecule has 2 heterocycles. The molecule has 0 saturated carbocycles. The number of methoxy groups -OCH3 is 1. The number of rotatable bonds is 14. The molecule has 1 unspecified atom stereocenters. The van der Waals surface area contributed by atoms with Crippen LogP contribution in [0.2, 0.25) is 0 Å². The van der Waals surface area contributed by atoms with Crippen molar-refractivity contribution in [2.24, 2.45) is 0 Å². The van der Waals surface area contributed by atoms with Gasteiger partial charge in [0.15, 0.2) is 18.1 Å². The monoisotopic (exact) mass is 543 g/mol. The number of hydrogen-bond acceptors (Lipinski definition) is 9. The molecule has 1 atom stereocenters. The molecule has 11 heteroatoms. The SMILES string of the molecule is C=CCOC(=O)C1=C(C)Nc2nc(SCCCC)nn2C1c1ccc(OCC(=O)N(CC)CC)c(OC)c1. The van der Waals surface area contributed by atoms with E-state index >= 15 is 0 Å². The number of ether oxygens (including phenoxy) is 3. The van der Waals surface area contributed by atoms with Gasteiger partial charge in [0, 0.05) is 24.5 Å². The van der Waals surface area contributed by atoms with E-state index in [0.29, 0.717) is 47.0 Å². The molecule has 10 nitrogen and oxygen atoms in total. The maximum absolute atomic E-state index is 13.2. The maximum Gasteiger partial charge on any atom is 0.338 e. The van der Waals surface area contributed by atoms with Gasteiger partial charge in [-0.25, -0.2) is 9.48 Å². The van der Waals surface area contributed by atoms with Crippen LogP contribution in [-0.2, 0) is 14.3 Å². The molecule has 1 amide bonds. The van der Waals surface area contributed by atoms with Crippen LogP contribution < -0.4 is 14.8 Å². The molecule has 0 radical (unpaired) electrons. The van der Waals surface area contributed by atoms with Gasteiger partial charge in [-0.1, -0.05) is 43.8 Å². The lowest BCUT2D eigenvalue weighted by Crippen LogP contribution is -2.34. The van der Waals surface area contributed by atoms with Crippen molar-refractivity contribution >= 4 is 29.6 Å². The van der Waals surface area contributed by atoms with Crippen molar-refractivity contribution in [3.8, 4) is 11.5 Å². The molecule has 3 rings (SSSR count). The number of unbranched alkanes of at least 4 members (excludes halogenated alkanes) is 1. The summed E-state index contributed by atoms with van der Waals surface area (Å²) in [6, 6.07) is 4.74. The van der Waals surface area contributed by atoms with Crippen molar-refractivity contribution in [1.29, 1.82) is 0 Å². The summed E-state index contributed by atoms with van der Waals surface area (Å²) in [6.07, 6.45) is 3.66. The van der Waals surface area contributed by atoms with E-state index in [1.54, 1.807) is 33.5 Å². The van der Waals surface area contributed by atoms with Crippen molar-refractivity contribution in [3.05, 3.63) is 47.7 Å². The zero-order chi connectivity index (χ0) is 27.7. The lowest BCUT2D eigenvalue weighted by Gasteiger charge is -2.28. The minimum Gasteiger partial charge on any atom is -0.493 e. The zero-order valence-electron chi connectivity index (χ0n) is 22.8. The summed E-state index contributed by atoms with van der Waals surface area (Å²) in [6.45, 7) is 12.6. The van der Waals surface area contributed by atoms with Crippen molar-refractivity contribution in [3.63, 3.8) is 0 Å². The Kier molecular flexibility index (Phi) is 10.6. The molecule has 206 valence electrons. The highest BCUT2D eigenvalue weighted by Crippen LogP contribution is 2.40. The Labute approximate surface area is 228 Å². The van der Waals surface area contributed by atoms with E-state index in [2.05, 4.69) is 23.8 Å². The number of thioether (sulfide) groups is 1. The number of amides is 1. The molecular weight excluding hydrogens is 506 g/mol. The van der Waals surface area contributed by atoms with Crippen molar-refractivity contribution < 1.29 is 23.8 Å². The summed E-state index contributed by atoms with van der Waals surface area (Å²) < 4.78 is 18.5. The molecule has 0 bridgehead atoms. The number of esters is 1. The van der Waals surface area contributed by atoms with E-state index in [-0.39, 0.29) is 19.1 Å². The average Bonchev–Trinajstić information content (AvgIpc) is 3.32. The molecule has 0 saturated heterocycles. The smallest absolute Gasteiger partial charge is 0.338 e. The number of likely N-dealkylation sites (N-methyl/N-ethyl adjacent to an activating group) is 1. The second kappa shape index (κ2) is 13.9. The van der Waals surface area contributed by atoms with Gasteiger partial charge in [-0.3, -0.25) is 4.79 Å². The molecule has 1 aliphatic heterocycles. The minimum absolute atomic E-state index is 0.0847. The number of nitrogens with one attached hydrogen (secondary N) is 1. The Hall–Kier alpha value is -3.47. The van der Waals surface area contributed by atoms with E-state index < -0.39 is 12.0 Å². The fraction of sp³-hybridized carbons (Fsp3) is 0.481. The molecule has 0 aliphatic carbocycles. The first kappa shape index (κ1) is 29.1. The van der Waals surface area contributed by atoms with Crippen LogP contribution in [0.25, 0.3) is 0 Å². The van der Waals surface area contributed by atoms with Crippen LogP contribution in [0.3, 0.4) is 0 Å². The second-order valence-corrected chi connectivity index (χ2v) is 9.64. The van der Waals surface area contributed by atoms with Crippen molar-refractivity contribution in [2.75, 3.05) is 44.5 Å². The molecule has 1 aromatic heterocycles. The molecule has 1 aromatic carbocycles. The summed E-state index contributed by atoms with van der Waals surface area (Å²) in [5.41, 5.74) is 1.76. The van der Waals surface area contributed by atoms with Gasteiger partial charge in [0.25, 0.3) is 5.91 Å². The molecule has 1 aliphatic rings. The third-order valence-corrected chi connectivity index (χ3v) is 7.01. The summed E-state index contributed by atoms with van der Waals surface area (Å²) in [7, 11) is 1.53. The van der Waals surface area contributed by atoms with Gasteiger partial charge < -0.3 is 24.4 Å². The summed E-state index contributed by atoms with van der Waals surface area (Å²) >= 11 is 1.57. The molecule has 2 aromatic rings. The third-order valence-electron chi connectivity index (χ3n) is 6.09. The molecule has 38 heavy (non-hydrogen) atoms. The standard InChI is InChI=1S/C27H37N5O5S/c1-7-11-15-38-27-29-26-28-18(5)23(25(34)36-14-8-2)24(32(26)30-27)19-12-13-20(21(16-19)35-6)37-17-22(33)31(9-3)10-4/h8,12-13,16,24H,2,7,9-11,14-15,17H2,1,3-6H3,(H,28,29,30). The van der Waals surface area contributed by atoms with Gasteiger partial charge in [-0.05, 0) is 44.9 Å². The number of benzene rings is 1. The van der Waals surface area contributed by atoms with Crippen molar-refractivity contribution in [2.45, 2.75) is 51.7 Å². The number of nitrogens with zero attached hydrogens (tertiary/aromatic N) is 4. The highest BCUT2D eigenvalue weighted by Gasteiger charge is 2.35. The Morgan fingerprint density at radius 1 is 1.24 bits per heavy atom. The summed E-state index contributed by atoms with van der Waals surface area (Å²) in [5.74, 6) is 1.71. The number of fused-ring (bicyclic) bond motifs is 1. The quantitative estimate of drug-likeness (QED) is 0.160. The third kappa shape index (κ3) is 6.69. The van der Waals surface area contributed by atoms with Gasteiger partial charge in [-0.2, -0.15) is 4.98 Å². The van der Waals surface area contributed by atoms with Gasteiger partial charge in [-0.15, -0.1) is 5.10 Å². The van der Waals surface area contributed by atoms with E-state index in [1.807, 2.05) is 26.8 Å². The van der Waals surface area contributed by atoms with Gasteiger partial charge in [0.1, 0.15) is 12.6 Å².